The summed E-state index contributed by atoms with van der Waals surface area (Å²) < 4.78 is 31.8. The highest BCUT2D eigenvalue weighted by molar-refractivity contribution is 7.91. The number of hydrogen-bond donors (Lipinski definition) is 0. The van der Waals surface area contributed by atoms with Gasteiger partial charge in [-0.15, -0.1) is 0 Å². The Morgan fingerprint density at radius 3 is 2.45 bits per heavy atom. The van der Waals surface area contributed by atoms with Gasteiger partial charge in [-0.3, -0.25) is 9.78 Å². The third-order valence-electron chi connectivity index (χ3n) is 4.53. The number of nitrogens with zero attached hydrogens (tertiary/aromatic N) is 2. The summed E-state index contributed by atoms with van der Waals surface area (Å²) >= 11 is 12.7. The Morgan fingerprint density at radius 1 is 1.00 bits per heavy atom. The fourth-order valence-electron chi connectivity index (χ4n) is 3.22. The van der Waals surface area contributed by atoms with E-state index < -0.39 is 26.6 Å². The maximum atomic E-state index is 13.1. The van der Waals surface area contributed by atoms with Crippen molar-refractivity contribution in [3.8, 4) is 5.75 Å². The second-order valence-corrected chi connectivity index (χ2v) is 9.35. The van der Waals surface area contributed by atoms with Gasteiger partial charge < -0.3 is 4.74 Å². The minimum absolute atomic E-state index is 0.0115. The normalized spacial score (nSPS) is 17.6. The van der Waals surface area contributed by atoms with E-state index in [-0.39, 0.29) is 39.4 Å². The molecule has 0 bridgehead atoms. The molecule has 0 aliphatic carbocycles. The first kappa shape index (κ1) is 19.8. The lowest BCUT2D eigenvalue weighted by atomic mass is 10.0. The molecule has 0 saturated carbocycles. The van der Waals surface area contributed by atoms with Crippen molar-refractivity contribution in [1.29, 1.82) is 0 Å². The summed E-state index contributed by atoms with van der Waals surface area (Å²) in [6, 6.07) is 12.2. The first-order valence-electron chi connectivity index (χ1n) is 8.59. The lowest BCUT2D eigenvalue weighted by Crippen LogP contribution is -2.32. The average Bonchev–Trinajstić information content (AvgIpc) is 2.70. The van der Waals surface area contributed by atoms with Crippen LogP contribution in [0.2, 0.25) is 10.0 Å². The molecule has 1 aliphatic rings. The number of halogens is 2. The molecular formula is C20H14Cl2N2O4S. The smallest absolute Gasteiger partial charge is 0.205 e. The van der Waals surface area contributed by atoms with Gasteiger partial charge in [-0.05, 0) is 17.7 Å². The molecule has 1 aromatic heterocycles. The topological polar surface area (TPSA) is 86.2 Å². The van der Waals surface area contributed by atoms with Crippen molar-refractivity contribution in [3.63, 3.8) is 0 Å². The number of ketones is 1. The first-order chi connectivity index (χ1) is 13.9. The summed E-state index contributed by atoms with van der Waals surface area (Å²) in [5, 5.41) is -1.33. The van der Waals surface area contributed by atoms with Crippen LogP contribution in [0.5, 0.6) is 5.75 Å². The fourth-order valence-corrected chi connectivity index (χ4v) is 5.55. The van der Waals surface area contributed by atoms with Crippen LogP contribution >= 0.6 is 23.2 Å². The zero-order valence-electron chi connectivity index (χ0n) is 14.9. The van der Waals surface area contributed by atoms with E-state index >= 15 is 0 Å². The third-order valence-corrected chi connectivity index (χ3v) is 7.00. The van der Waals surface area contributed by atoms with E-state index in [2.05, 4.69) is 9.97 Å². The molecule has 2 aromatic carbocycles. The van der Waals surface area contributed by atoms with Gasteiger partial charge in [-0.1, -0.05) is 53.5 Å². The summed E-state index contributed by atoms with van der Waals surface area (Å²) in [6.45, 7) is 0.130. The van der Waals surface area contributed by atoms with Gasteiger partial charge in [0.1, 0.15) is 18.1 Å². The number of carbonyl (C=O) groups excluding carboxylic acids is 1. The highest BCUT2D eigenvalue weighted by Crippen LogP contribution is 2.45. The van der Waals surface area contributed by atoms with Crippen molar-refractivity contribution >= 4 is 38.8 Å². The molecule has 0 radical (unpaired) electrons. The molecule has 0 N–H and O–H groups in total. The van der Waals surface area contributed by atoms with E-state index in [1.54, 1.807) is 0 Å². The standard InChI is InChI=1S/C20H14Cl2N2O4S/c21-13-6-7-14(22)19(28-10-12-4-2-1-3-5-12)16(13)20-18(25)17-15(11-29(20,26)27)23-8-9-24-17/h1-9,20H,10-11H2. The molecule has 148 valence electrons. The fraction of sp³-hybridized carbons (Fsp3) is 0.150. The van der Waals surface area contributed by atoms with Crippen LogP contribution in [0.25, 0.3) is 0 Å². The number of aromatic nitrogens is 2. The lowest BCUT2D eigenvalue weighted by molar-refractivity contribution is 0.0976. The number of sulfone groups is 1. The van der Waals surface area contributed by atoms with E-state index in [4.69, 9.17) is 27.9 Å². The number of benzene rings is 2. The zero-order chi connectivity index (χ0) is 20.6. The van der Waals surface area contributed by atoms with E-state index in [0.29, 0.717) is 0 Å². The maximum absolute atomic E-state index is 13.1. The minimum Gasteiger partial charge on any atom is -0.487 e. The molecule has 2 heterocycles. The SMILES string of the molecule is O=C1c2nccnc2CS(=O)(=O)C1c1c(Cl)ccc(Cl)c1OCc1ccccc1. The van der Waals surface area contributed by atoms with Crippen molar-refractivity contribution < 1.29 is 17.9 Å². The van der Waals surface area contributed by atoms with E-state index in [1.807, 2.05) is 30.3 Å². The number of hydrogen-bond acceptors (Lipinski definition) is 6. The van der Waals surface area contributed by atoms with Gasteiger partial charge in [0.2, 0.25) is 5.78 Å². The van der Waals surface area contributed by atoms with E-state index in [0.717, 1.165) is 5.56 Å². The Bertz CT molecular complexity index is 1200. The van der Waals surface area contributed by atoms with Crippen LogP contribution in [-0.4, -0.2) is 24.2 Å². The molecule has 0 saturated heterocycles. The first-order valence-corrected chi connectivity index (χ1v) is 11.1. The highest BCUT2D eigenvalue weighted by Gasteiger charge is 2.45. The van der Waals surface area contributed by atoms with Crippen LogP contribution in [0.15, 0.2) is 54.9 Å². The number of fused-ring (bicyclic) bond motifs is 1. The van der Waals surface area contributed by atoms with Gasteiger partial charge >= 0.3 is 0 Å². The Balaban J connectivity index is 1.82. The van der Waals surface area contributed by atoms with Crippen LogP contribution < -0.4 is 4.74 Å². The summed E-state index contributed by atoms with van der Waals surface area (Å²) in [6.07, 6.45) is 2.70. The van der Waals surface area contributed by atoms with Crippen molar-refractivity contribution in [2.45, 2.75) is 17.6 Å². The monoisotopic (exact) mass is 448 g/mol. The number of Topliss-reactive ketones (excluding diaryl/α,β-unsaturated/α-hetero) is 1. The third kappa shape index (κ3) is 3.73. The lowest BCUT2D eigenvalue weighted by Gasteiger charge is -2.25. The van der Waals surface area contributed by atoms with Crippen molar-refractivity contribution in [1.82, 2.24) is 9.97 Å². The van der Waals surface area contributed by atoms with Gasteiger partial charge in [0.25, 0.3) is 0 Å². The molecule has 0 spiro atoms. The Morgan fingerprint density at radius 2 is 1.69 bits per heavy atom. The number of rotatable bonds is 4. The van der Waals surface area contributed by atoms with Crippen LogP contribution in [-0.2, 0) is 22.2 Å². The zero-order valence-corrected chi connectivity index (χ0v) is 17.2. The maximum Gasteiger partial charge on any atom is 0.205 e. The van der Waals surface area contributed by atoms with Gasteiger partial charge in [0, 0.05) is 23.0 Å². The molecule has 1 atom stereocenters. The van der Waals surface area contributed by atoms with Gasteiger partial charge in [-0.25, -0.2) is 13.4 Å². The van der Waals surface area contributed by atoms with Gasteiger partial charge in [-0.2, -0.15) is 0 Å². The quantitative estimate of drug-likeness (QED) is 0.593. The Labute approximate surface area is 177 Å². The highest BCUT2D eigenvalue weighted by atomic mass is 35.5. The molecule has 1 unspecified atom stereocenters. The van der Waals surface area contributed by atoms with Crippen molar-refractivity contribution in [3.05, 3.63) is 87.4 Å². The van der Waals surface area contributed by atoms with Crippen molar-refractivity contribution in [2.75, 3.05) is 0 Å². The summed E-state index contributed by atoms with van der Waals surface area (Å²) in [7, 11) is -3.96. The van der Waals surface area contributed by atoms with Crippen LogP contribution in [0.1, 0.15) is 32.6 Å². The average molecular weight is 449 g/mol. The minimum atomic E-state index is -3.96. The molecule has 4 rings (SSSR count). The molecule has 1 aliphatic heterocycles. The molecule has 0 amide bonds. The number of ether oxygens (including phenoxy) is 1. The summed E-state index contributed by atoms with van der Waals surface area (Å²) in [4.78, 5) is 21.1. The molecular weight excluding hydrogens is 435 g/mol. The van der Waals surface area contributed by atoms with E-state index in [1.165, 1.54) is 24.5 Å². The largest absolute Gasteiger partial charge is 0.487 e. The number of carbonyl (C=O) groups is 1. The second kappa shape index (κ2) is 7.74. The Kier molecular flexibility index (Phi) is 5.29. The molecule has 0 fully saturated rings. The van der Waals surface area contributed by atoms with Crippen LogP contribution in [0, 0.1) is 0 Å². The summed E-state index contributed by atoms with van der Waals surface area (Å²) in [5.74, 6) is -1.06. The van der Waals surface area contributed by atoms with Crippen LogP contribution in [0.3, 0.4) is 0 Å². The van der Waals surface area contributed by atoms with Crippen LogP contribution in [0.4, 0.5) is 0 Å². The summed E-state index contributed by atoms with van der Waals surface area (Å²) in [5.41, 5.74) is 1.01. The second-order valence-electron chi connectivity index (χ2n) is 6.45. The molecule has 6 nitrogen and oxygen atoms in total. The van der Waals surface area contributed by atoms with Crippen molar-refractivity contribution in [2.24, 2.45) is 0 Å². The Hall–Kier alpha value is -2.48. The predicted octanol–water partition coefficient (Wildman–Crippen LogP) is 4.21. The van der Waals surface area contributed by atoms with Gasteiger partial charge in [0.15, 0.2) is 15.1 Å². The molecule has 3 aromatic rings. The van der Waals surface area contributed by atoms with Gasteiger partial charge in [0.05, 0.1) is 16.5 Å². The predicted molar refractivity (Wildman–Crippen MR) is 109 cm³/mol. The van der Waals surface area contributed by atoms with E-state index in [9.17, 15) is 13.2 Å². The molecule has 29 heavy (non-hydrogen) atoms. The molecule has 9 heteroatoms.